The van der Waals surface area contributed by atoms with Crippen molar-refractivity contribution in [2.75, 3.05) is 59.5 Å². The molecule has 0 saturated carbocycles. The average Bonchev–Trinajstić information content (AvgIpc) is 3.22. The number of carbonyl (C=O) groups is 1. The number of aliphatic imine (C=N–C) groups is 1. The van der Waals surface area contributed by atoms with Gasteiger partial charge in [0.15, 0.2) is 17.5 Å². The van der Waals surface area contributed by atoms with E-state index in [4.69, 9.17) is 14.5 Å². The van der Waals surface area contributed by atoms with Gasteiger partial charge >= 0.3 is 0 Å². The van der Waals surface area contributed by atoms with E-state index in [-0.39, 0.29) is 5.91 Å². The van der Waals surface area contributed by atoms with Gasteiger partial charge in [-0.2, -0.15) is 0 Å². The summed E-state index contributed by atoms with van der Waals surface area (Å²) in [6.45, 7) is 13.7. The number of carbonyl (C=O) groups excluding carboxylic acids is 1. The quantitative estimate of drug-likeness (QED) is 0.259. The molecule has 0 aromatic heterocycles. The molecule has 1 heterocycles. The first-order valence-corrected chi connectivity index (χ1v) is 11.9. The molecular weight excluding hydrogens is 406 g/mol. The van der Waals surface area contributed by atoms with Crippen molar-refractivity contribution in [3.05, 3.63) is 23.8 Å². The molecule has 1 saturated heterocycles. The van der Waals surface area contributed by atoms with Gasteiger partial charge in [-0.25, -0.2) is 4.99 Å². The number of amides is 1. The summed E-state index contributed by atoms with van der Waals surface area (Å²) in [5.41, 5.74) is 1.05. The second-order valence-corrected chi connectivity index (χ2v) is 7.82. The fourth-order valence-corrected chi connectivity index (χ4v) is 3.68. The number of nitrogens with zero attached hydrogens (tertiary/aromatic N) is 3. The van der Waals surface area contributed by atoms with Gasteiger partial charge in [-0.1, -0.05) is 19.9 Å². The van der Waals surface area contributed by atoms with Gasteiger partial charge in [0, 0.05) is 39.1 Å². The van der Waals surface area contributed by atoms with Crippen LogP contribution in [0.4, 0.5) is 0 Å². The zero-order valence-corrected chi connectivity index (χ0v) is 20.3. The van der Waals surface area contributed by atoms with E-state index in [1.54, 1.807) is 7.11 Å². The van der Waals surface area contributed by atoms with Gasteiger partial charge < -0.3 is 29.9 Å². The van der Waals surface area contributed by atoms with Crippen molar-refractivity contribution < 1.29 is 14.3 Å². The standard InChI is InChI=1S/C24H41N5O3/c1-5-25-24(26-13-9-15-29-14-8-10-23(29)30)27-19-20-11-12-21(22(18-20)31-4)32-17-16-28(6-2)7-3/h11-12,18H,5-10,13-17,19H2,1-4H3,(H2,25,26,27). The summed E-state index contributed by atoms with van der Waals surface area (Å²) in [6.07, 6.45) is 2.59. The first kappa shape index (κ1) is 25.8. The second-order valence-electron chi connectivity index (χ2n) is 7.82. The zero-order chi connectivity index (χ0) is 23.2. The Hall–Kier alpha value is -2.48. The highest BCUT2D eigenvalue weighted by molar-refractivity contribution is 5.80. The minimum absolute atomic E-state index is 0.278. The molecule has 0 aliphatic carbocycles. The van der Waals surface area contributed by atoms with E-state index in [0.717, 1.165) is 81.7 Å². The minimum Gasteiger partial charge on any atom is -0.493 e. The molecule has 0 unspecified atom stereocenters. The molecule has 1 amide bonds. The summed E-state index contributed by atoms with van der Waals surface area (Å²) in [5, 5.41) is 6.64. The van der Waals surface area contributed by atoms with Crippen molar-refractivity contribution in [3.63, 3.8) is 0 Å². The maximum Gasteiger partial charge on any atom is 0.222 e. The van der Waals surface area contributed by atoms with Crippen molar-refractivity contribution in [3.8, 4) is 11.5 Å². The Morgan fingerprint density at radius 2 is 2.00 bits per heavy atom. The number of likely N-dealkylation sites (N-methyl/N-ethyl adjacent to an activating group) is 1. The fraction of sp³-hybridized carbons (Fsp3) is 0.667. The summed E-state index contributed by atoms with van der Waals surface area (Å²) >= 11 is 0. The molecule has 1 aliphatic heterocycles. The second kappa shape index (κ2) is 14.6. The lowest BCUT2D eigenvalue weighted by Gasteiger charge is -2.19. The van der Waals surface area contributed by atoms with Gasteiger partial charge in [0.1, 0.15) is 6.61 Å². The Balaban J connectivity index is 1.85. The van der Waals surface area contributed by atoms with Crippen LogP contribution in [-0.4, -0.2) is 81.2 Å². The summed E-state index contributed by atoms with van der Waals surface area (Å²) < 4.78 is 11.5. The molecular formula is C24H41N5O3. The Bertz CT molecular complexity index is 722. The molecule has 1 aromatic rings. The number of methoxy groups -OCH3 is 1. The van der Waals surface area contributed by atoms with Crippen LogP contribution in [0.15, 0.2) is 23.2 Å². The third-order valence-electron chi connectivity index (χ3n) is 5.62. The molecule has 1 aliphatic rings. The highest BCUT2D eigenvalue weighted by Crippen LogP contribution is 2.28. The van der Waals surface area contributed by atoms with E-state index in [2.05, 4.69) is 29.4 Å². The van der Waals surface area contributed by atoms with Crippen LogP contribution in [0.25, 0.3) is 0 Å². The molecule has 0 spiro atoms. The molecule has 2 rings (SSSR count). The van der Waals surface area contributed by atoms with E-state index in [1.165, 1.54) is 0 Å². The van der Waals surface area contributed by atoms with Crippen LogP contribution in [0, 0.1) is 0 Å². The molecule has 0 atom stereocenters. The lowest BCUT2D eigenvalue weighted by atomic mass is 10.2. The van der Waals surface area contributed by atoms with Gasteiger partial charge in [0.25, 0.3) is 0 Å². The number of guanidine groups is 1. The highest BCUT2D eigenvalue weighted by Gasteiger charge is 2.18. The number of rotatable bonds is 14. The van der Waals surface area contributed by atoms with Gasteiger partial charge in [0.05, 0.1) is 13.7 Å². The first-order chi connectivity index (χ1) is 15.6. The van der Waals surface area contributed by atoms with Crippen molar-refractivity contribution >= 4 is 11.9 Å². The predicted octanol–water partition coefficient (Wildman–Crippen LogP) is 2.48. The highest BCUT2D eigenvalue weighted by atomic mass is 16.5. The first-order valence-electron chi connectivity index (χ1n) is 11.9. The number of hydrogen-bond donors (Lipinski definition) is 2. The Labute approximate surface area is 193 Å². The monoisotopic (exact) mass is 447 g/mol. The molecule has 0 bridgehead atoms. The van der Waals surface area contributed by atoms with E-state index in [0.29, 0.717) is 19.6 Å². The number of nitrogens with one attached hydrogen (secondary N) is 2. The number of ether oxygens (including phenoxy) is 2. The number of likely N-dealkylation sites (tertiary alicyclic amines) is 1. The van der Waals surface area contributed by atoms with Crippen molar-refractivity contribution in [1.29, 1.82) is 0 Å². The molecule has 1 aromatic carbocycles. The van der Waals surface area contributed by atoms with Crippen LogP contribution in [0.3, 0.4) is 0 Å². The SMILES string of the molecule is CCNC(=NCc1ccc(OCCN(CC)CC)c(OC)c1)NCCCN1CCCC1=O. The minimum atomic E-state index is 0.278. The molecule has 2 N–H and O–H groups in total. The average molecular weight is 448 g/mol. The molecule has 8 nitrogen and oxygen atoms in total. The van der Waals surface area contributed by atoms with Crippen LogP contribution in [0.1, 0.15) is 45.6 Å². The lowest BCUT2D eigenvalue weighted by molar-refractivity contribution is -0.127. The molecule has 8 heteroatoms. The van der Waals surface area contributed by atoms with Gasteiger partial charge in [-0.3, -0.25) is 4.79 Å². The summed E-state index contributed by atoms with van der Waals surface area (Å²) in [4.78, 5) is 20.7. The van der Waals surface area contributed by atoms with Crippen LogP contribution < -0.4 is 20.1 Å². The Kier molecular flexibility index (Phi) is 11.7. The van der Waals surface area contributed by atoms with E-state index in [1.807, 2.05) is 30.0 Å². The van der Waals surface area contributed by atoms with Crippen LogP contribution in [0.2, 0.25) is 0 Å². The predicted molar refractivity (Wildman–Crippen MR) is 130 cm³/mol. The maximum atomic E-state index is 11.7. The normalized spacial score (nSPS) is 14.2. The Morgan fingerprint density at radius 3 is 2.66 bits per heavy atom. The van der Waals surface area contributed by atoms with Crippen LogP contribution >= 0.6 is 0 Å². The van der Waals surface area contributed by atoms with E-state index < -0.39 is 0 Å². The van der Waals surface area contributed by atoms with Crippen molar-refractivity contribution in [2.45, 2.75) is 46.6 Å². The lowest BCUT2D eigenvalue weighted by Crippen LogP contribution is -2.39. The van der Waals surface area contributed by atoms with E-state index >= 15 is 0 Å². The van der Waals surface area contributed by atoms with Gasteiger partial charge in [-0.05, 0) is 50.6 Å². The molecule has 180 valence electrons. The van der Waals surface area contributed by atoms with E-state index in [9.17, 15) is 4.79 Å². The summed E-state index contributed by atoms with van der Waals surface area (Å²) in [6, 6.07) is 5.97. The largest absolute Gasteiger partial charge is 0.493 e. The summed E-state index contributed by atoms with van der Waals surface area (Å²) in [7, 11) is 1.66. The van der Waals surface area contributed by atoms with Crippen LogP contribution in [-0.2, 0) is 11.3 Å². The summed E-state index contributed by atoms with van der Waals surface area (Å²) in [5.74, 6) is 2.54. The zero-order valence-electron chi connectivity index (χ0n) is 20.3. The van der Waals surface area contributed by atoms with Crippen molar-refractivity contribution in [2.24, 2.45) is 4.99 Å². The third kappa shape index (κ3) is 8.57. The van der Waals surface area contributed by atoms with Crippen molar-refractivity contribution in [1.82, 2.24) is 20.4 Å². The third-order valence-corrected chi connectivity index (χ3v) is 5.62. The molecule has 32 heavy (non-hydrogen) atoms. The number of benzene rings is 1. The number of hydrogen-bond acceptors (Lipinski definition) is 5. The Morgan fingerprint density at radius 1 is 1.19 bits per heavy atom. The maximum absolute atomic E-state index is 11.7. The van der Waals surface area contributed by atoms with Crippen LogP contribution in [0.5, 0.6) is 11.5 Å². The molecule has 1 fully saturated rings. The topological polar surface area (TPSA) is 78.4 Å². The van der Waals surface area contributed by atoms with Gasteiger partial charge in [0.2, 0.25) is 5.91 Å². The molecule has 0 radical (unpaired) electrons. The smallest absolute Gasteiger partial charge is 0.222 e. The van der Waals surface area contributed by atoms with Gasteiger partial charge in [-0.15, -0.1) is 0 Å². The fourth-order valence-electron chi connectivity index (χ4n) is 3.68.